The zero-order valence-electron chi connectivity index (χ0n) is 14.4. The third kappa shape index (κ3) is 2.69. The van der Waals surface area contributed by atoms with Crippen LogP contribution in [0.3, 0.4) is 0 Å². The molecule has 0 amide bonds. The Morgan fingerprint density at radius 2 is 1.77 bits per heavy atom. The lowest BCUT2D eigenvalue weighted by Gasteiger charge is -2.19. The Balaban J connectivity index is 1.43. The van der Waals surface area contributed by atoms with Crippen molar-refractivity contribution in [1.82, 2.24) is 4.98 Å². The molecule has 0 saturated carbocycles. The second-order valence-electron chi connectivity index (χ2n) is 6.90. The summed E-state index contributed by atoms with van der Waals surface area (Å²) in [4.78, 5) is 15.4. The third-order valence-corrected chi connectivity index (χ3v) is 5.17. The van der Waals surface area contributed by atoms with Crippen molar-refractivity contribution in [1.29, 1.82) is 0 Å². The SMILES string of the molecule is O=c1[nH]c2cc3c(cc2cc1CNc1ccc2c(c1)CCC2)OCCO3. The van der Waals surface area contributed by atoms with Crippen molar-refractivity contribution in [3.05, 3.63) is 63.4 Å². The van der Waals surface area contributed by atoms with Crippen LogP contribution in [0.25, 0.3) is 10.9 Å². The summed E-state index contributed by atoms with van der Waals surface area (Å²) >= 11 is 0. The number of fused-ring (bicyclic) bond motifs is 3. The van der Waals surface area contributed by atoms with Crippen LogP contribution in [-0.4, -0.2) is 18.2 Å². The molecule has 1 aliphatic carbocycles. The molecular formula is C21H20N2O3. The van der Waals surface area contributed by atoms with Crippen LogP contribution < -0.4 is 20.3 Å². The largest absolute Gasteiger partial charge is 0.486 e. The summed E-state index contributed by atoms with van der Waals surface area (Å²) in [5.41, 5.74) is 5.32. The predicted molar refractivity (Wildman–Crippen MR) is 101 cm³/mol. The molecule has 0 radical (unpaired) electrons. The van der Waals surface area contributed by atoms with Gasteiger partial charge in [0.05, 0.1) is 5.52 Å². The Labute approximate surface area is 151 Å². The van der Waals surface area contributed by atoms with Crippen molar-refractivity contribution >= 4 is 16.6 Å². The van der Waals surface area contributed by atoms with E-state index in [1.165, 1.54) is 24.0 Å². The van der Waals surface area contributed by atoms with Gasteiger partial charge in [-0.25, -0.2) is 0 Å². The summed E-state index contributed by atoms with van der Waals surface area (Å²) < 4.78 is 11.2. The number of hydrogen-bond donors (Lipinski definition) is 2. The Kier molecular flexibility index (Phi) is 3.59. The maximum absolute atomic E-state index is 12.4. The van der Waals surface area contributed by atoms with Gasteiger partial charge in [0.15, 0.2) is 11.5 Å². The zero-order valence-corrected chi connectivity index (χ0v) is 14.4. The minimum Gasteiger partial charge on any atom is -0.486 e. The number of anilines is 1. The number of nitrogens with one attached hydrogen (secondary N) is 2. The second kappa shape index (κ2) is 6.09. The summed E-state index contributed by atoms with van der Waals surface area (Å²) in [6.07, 6.45) is 3.56. The van der Waals surface area contributed by atoms with Gasteiger partial charge < -0.3 is 19.8 Å². The lowest BCUT2D eigenvalue weighted by atomic mass is 10.1. The Morgan fingerprint density at radius 1 is 0.962 bits per heavy atom. The number of H-pyrrole nitrogens is 1. The van der Waals surface area contributed by atoms with E-state index in [0.717, 1.165) is 28.8 Å². The normalized spacial score (nSPS) is 15.1. The van der Waals surface area contributed by atoms with Crippen LogP contribution in [0.5, 0.6) is 11.5 Å². The first-order valence-electron chi connectivity index (χ1n) is 9.07. The Morgan fingerprint density at radius 3 is 2.65 bits per heavy atom. The van der Waals surface area contributed by atoms with Crippen LogP contribution in [0.1, 0.15) is 23.1 Å². The molecule has 0 atom stereocenters. The van der Waals surface area contributed by atoms with Crippen molar-refractivity contribution in [2.75, 3.05) is 18.5 Å². The van der Waals surface area contributed by atoms with Crippen LogP contribution in [0.4, 0.5) is 5.69 Å². The third-order valence-electron chi connectivity index (χ3n) is 5.17. The van der Waals surface area contributed by atoms with Crippen LogP contribution in [0, 0.1) is 0 Å². The molecule has 2 aliphatic rings. The highest BCUT2D eigenvalue weighted by Gasteiger charge is 2.14. The van der Waals surface area contributed by atoms with Crippen LogP contribution >= 0.6 is 0 Å². The fourth-order valence-corrected chi connectivity index (χ4v) is 3.80. The maximum atomic E-state index is 12.4. The Bertz CT molecular complexity index is 1060. The van der Waals surface area contributed by atoms with E-state index in [0.29, 0.717) is 31.1 Å². The van der Waals surface area contributed by atoms with Crippen LogP contribution in [-0.2, 0) is 19.4 Å². The molecule has 2 N–H and O–H groups in total. The van der Waals surface area contributed by atoms with E-state index < -0.39 is 0 Å². The van der Waals surface area contributed by atoms with E-state index in [-0.39, 0.29) is 5.56 Å². The highest BCUT2D eigenvalue weighted by Crippen LogP contribution is 2.33. The molecule has 5 heteroatoms. The monoisotopic (exact) mass is 348 g/mol. The summed E-state index contributed by atoms with van der Waals surface area (Å²) in [6, 6.07) is 12.2. The van der Waals surface area contributed by atoms with Crippen molar-refractivity contribution in [2.24, 2.45) is 0 Å². The molecule has 0 fully saturated rings. The number of rotatable bonds is 3. The molecule has 1 aromatic heterocycles. The first-order chi connectivity index (χ1) is 12.8. The van der Waals surface area contributed by atoms with Crippen molar-refractivity contribution in [3.63, 3.8) is 0 Å². The summed E-state index contributed by atoms with van der Waals surface area (Å²) in [7, 11) is 0. The molecule has 1 aliphatic heterocycles. The van der Waals surface area contributed by atoms with Gasteiger partial charge in [-0.3, -0.25) is 4.79 Å². The van der Waals surface area contributed by atoms with Crippen LogP contribution in [0.15, 0.2) is 41.2 Å². The number of pyridine rings is 1. The molecule has 0 bridgehead atoms. The lowest BCUT2D eigenvalue weighted by Crippen LogP contribution is -2.17. The average molecular weight is 348 g/mol. The molecule has 0 unspecified atom stereocenters. The van der Waals surface area contributed by atoms with E-state index in [2.05, 4.69) is 28.5 Å². The number of aromatic amines is 1. The lowest BCUT2D eigenvalue weighted by molar-refractivity contribution is 0.172. The van der Waals surface area contributed by atoms with Gasteiger partial charge in [0.1, 0.15) is 13.2 Å². The molecule has 132 valence electrons. The quantitative estimate of drug-likeness (QED) is 0.761. The minimum atomic E-state index is -0.0807. The first-order valence-corrected chi connectivity index (χ1v) is 9.07. The number of aryl methyl sites for hydroxylation is 2. The number of ether oxygens (including phenoxy) is 2. The fourth-order valence-electron chi connectivity index (χ4n) is 3.80. The van der Waals surface area contributed by atoms with Gasteiger partial charge in [-0.1, -0.05) is 6.07 Å². The molecule has 2 heterocycles. The molecule has 2 aromatic carbocycles. The summed E-state index contributed by atoms with van der Waals surface area (Å²) in [5.74, 6) is 1.41. The summed E-state index contributed by atoms with van der Waals surface area (Å²) in [5, 5.41) is 4.33. The number of aromatic nitrogens is 1. The van der Waals surface area contributed by atoms with Crippen molar-refractivity contribution in [2.45, 2.75) is 25.8 Å². The molecule has 5 rings (SSSR count). The predicted octanol–water partition coefficient (Wildman–Crippen LogP) is 3.40. The van der Waals surface area contributed by atoms with E-state index in [4.69, 9.17) is 9.47 Å². The highest BCUT2D eigenvalue weighted by atomic mass is 16.6. The zero-order chi connectivity index (χ0) is 17.5. The standard InChI is InChI=1S/C21H20N2O3/c24-21-16(12-22-17-5-4-13-2-1-3-14(13)9-17)8-15-10-19-20(11-18(15)23-21)26-7-6-25-19/h4-5,8-11,22H,1-3,6-7,12H2,(H,23,24). The van der Waals surface area contributed by atoms with E-state index in [1.807, 2.05) is 18.2 Å². The van der Waals surface area contributed by atoms with Crippen LogP contribution in [0.2, 0.25) is 0 Å². The van der Waals surface area contributed by atoms with E-state index in [1.54, 1.807) is 0 Å². The van der Waals surface area contributed by atoms with Gasteiger partial charge >= 0.3 is 0 Å². The van der Waals surface area contributed by atoms with E-state index in [9.17, 15) is 4.79 Å². The number of hydrogen-bond acceptors (Lipinski definition) is 4. The van der Waals surface area contributed by atoms with Gasteiger partial charge in [0.25, 0.3) is 5.56 Å². The van der Waals surface area contributed by atoms with Gasteiger partial charge in [-0.15, -0.1) is 0 Å². The molecule has 0 saturated heterocycles. The van der Waals surface area contributed by atoms with Gasteiger partial charge in [-0.2, -0.15) is 0 Å². The smallest absolute Gasteiger partial charge is 0.253 e. The van der Waals surface area contributed by atoms with Crippen molar-refractivity contribution in [3.8, 4) is 11.5 Å². The molecule has 0 spiro atoms. The molecule has 5 nitrogen and oxygen atoms in total. The topological polar surface area (TPSA) is 63.4 Å². The highest BCUT2D eigenvalue weighted by molar-refractivity contribution is 5.83. The number of benzene rings is 2. The van der Waals surface area contributed by atoms with Crippen molar-refractivity contribution < 1.29 is 9.47 Å². The summed E-state index contributed by atoms with van der Waals surface area (Å²) in [6.45, 7) is 1.57. The minimum absolute atomic E-state index is 0.0807. The van der Waals surface area contributed by atoms with Gasteiger partial charge in [0.2, 0.25) is 0 Å². The Hall–Kier alpha value is -2.95. The van der Waals surface area contributed by atoms with E-state index >= 15 is 0 Å². The maximum Gasteiger partial charge on any atom is 0.253 e. The molecular weight excluding hydrogens is 328 g/mol. The average Bonchev–Trinajstić information content (AvgIpc) is 3.12. The van der Waals surface area contributed by atoms with Gasteiger partial charge in [-0.05, 0) is 54.7 Å². The first kappa shape index (κ1) is 15.3. The van der Waals surface area contributed by atoms with Gasteiger partial charge in [0, 0.05) is 29.2 Å². The fraction of sp³-hybridized carbons (Fsp3) is 0.286. The molecule has 3 aromatic rings. The second-order valence-corrected chi connectivity index (χ2v) is 6.90. The molecule has 26 heavy (non-hydrogen) atoms.